The van der Waals surface area contributed by atoms with Gasteiger partial charge in [0.25, 0.3) is 11.8 Å². The van der Waals surface area contributed by atoms with Gasteiger partial charge in [-0.25, -0.2) is 0 Å². The number of hydrogen-bond donors (Lipinski definition) is 0. The number of nitrogens with zero attached hydrogens (tertiary/aromatic N) is 2. The van der Waals surface area contributed by atoms with Crippen LogP contribution in [0.15, 0.2) is 48.2 Å². The predicted molar refractivity (Wildman–Crippen MR) is 128 cm³/mol. The molecular weight excluding hydrogens is 416 g/mol. The van der Waals surface area contributed by atoms with E-state index in [-0.39, 0.29) is 24.0 Å². The zero-order valence-corrected chi connectivity index (χ0v) is 20.1. The van der Waals surface area contributed by atoms with Gasteiger partial charge in [-0.05, 0) is 62.9 Å². The van der Waals surface area contributed by atoms with Gasteiger partial charge in [0.2, 0.25) is 0 Å². The quantitative estimate of drug-likeness (QED) is 0.630. The lowest BCUT2D eigenvalue weighted by Crippen LogP contribution is -2.47. The Morgan fingerprint density at radius 2 is 1.64 bits per heavy atom. The first-order valence-electron chi connectivity index (χ1n) is 11.5. The molecule has 0 spiro atoms. The maximum absolute atomic E-state index is 13.7. The Labute approximate surface area is 195 Å². The van der Waals surface area contributed by atoms with Crippen molar-refractivity contribution in [2.24, 2.45) is 0 Å². The molecule has 6 heteroatoms. The molecule has 2 aromatic rings. The van der Waals surface area contributed by atoms with Gasteiger partial charge >= 0.3 is 0 Å². The number of imide groups is 1. The van der Waals surface area contributed by atoms with E-state index in [1.165, 1.54) is 4.90 Å². The molecule has 0 bridgehead atoms. The Hall–Kier alpha value is -3.12. The first kappa shape index (κ1) is 23.1. The highest BCUT2D eigenvalue weighted by atomic mass is 16.5. The van der Waals surface area contributed by atoms with Crippen LogP contribution in [0.2, 0.25) is 0 Å². The number of ether oxygens (including phenoxy) is 2. The summed E-state index contributed by atoms with van der Waals surface area (Å²) in [5, 5.41) is 0. The van der Waals surface area contributed by atoms with Crippen molar-refractivity contribution in [1.82, 2.24) is 9.80 Å². The second-order valence-corrected chi connectivity index (χ2v) is 9.06. The van der Waals surface area contributed by atoms with Crippen LogP contribution in [0.25, 0.3) is 5.57 Å². The lowest BCUT2D eigenvalue weighted by atomic mass is 9.97. The second-order valence-electron chi connectivity index (χ2n) is 9.06. The smallest absolute Gasteiger partial charge is 0.277 e. The SMILES string of the molecule is COc1ccc(CCN2C(=O)C(c3ccc(C)cc3C)=C(N3CC(C)OC(C)C3)C2=O)cc1. The summed E-state index contributed by atoms with van der Waals surface area (Å²) in [4.78, 5) is 30.8. The Morgan fingerprint density at radius 3 is 2.24 bits per heavy atom. The average Bonchev–Trinajstić information content (AvgIpc) is 3.01. The van der Waals surface area contributed by atoms with E-state index in [9.17, 15) is 9.59 Å². The highest BCUT2D eigenvalue weighted by Gasteiger charge is 2.43. The van der Waals surface area contributed by atoms with Crippen LogP contribution in [0.1, 0.15) is 36.1 Å². The van der Waals surface area contributed by atoms with Crippen molar-refractivity contribution in [3.63, 3.8) is 0 Å². The number of hydrogen-bond acceptors (Lipinski definition) is 5. The van der Waals surface area contributed by atoms with Crippen molar-refractivity contribution in [1.29, 1.82) is 0 Å². The summed E-state index contributed by atoms with van der Waals surface area (Å²) in [6, 6.07) is 13.7. The summed E-state index contributed by atoms with van der Waals surface area (Å²) in [7, 11) is 1.63. The first-order chi connectivity index (χ1) is 15.8. The van der Waals surface area contributed by atoms with E-state index in [1.807, 2.05) is 69.0 Å². The average molecular weight is 449 g/mol. The fourth-order valence-electron chi connectivity index (χ4n) is 4.79. The topological polar surface area (TPSA) is 59.1 Å². The summed E-state index contributed by atoms with van der Waals surface area (Å²) in [5.74, 6) is 0.343. The zero-order valence-electron chi connectivity index (χ0n) is 20.1. The van der Waals surface area contributed by atoms with Gasteiger partial charge in [-0.1, -0.05) is 35.9 Å². The maximum Gasteiger partial charge on any atom is 0.277 e. The summed E-state index contributed by atoms with van der Waals surface area (Å²) in [6.45, 7) is 9.52. The van der Waals surface area contributed by atoms with Crippen LogP contribution in [-0.2, 0) is 20.7 Å². The summed E-state index contributed by atoms with van der Waals surface area (Å²) >= 11 is 0. The summed E-state index contributed by atoms with van der Waals surface area (Å²) in [5.41, 5.74) is 5.01. The minimum atomic E-state index is -0.220. The van der Waals surface area contributed by atoms with Crippen LogP contribution in [0, 0.1) is 13.8 Å². The third-order valence-corrected chi connectivity index (χ3v) is 6.31. The number of aryl methyl sites for hydroxylation is 2. The normalized spacial score (nSPS) is 21.2. The Balaban J connectivity index is 1.67. The van der Waals surface area contributed by atoms with Crippen molar-refractivity contribution >= 4 is 17.4 Å². The number of benzene rings is 2. The fraction of sp³-hybridized carbons (Fsp3) is 0.407. The molecule has 0 aromatic heterocycles. The predicted octanol–water partition coefficient (Wildman–Crippen LogP) is 3.74. The van der Waals surface area contributed by atoms with Crippen LogP contribution < -0.4 is 4.74 Å². The molecule has 2 atom stereocenters. The minimum Gasteiger partial charge on any atom is -0.497 e. The molecule has 0 N–H and O–H groups in total. The van der Waals surface area contributed by atoms with Crippen molar-refractivity contribution < 1.29 is 19.1 Å². The molecule has 2 aromatic carbocycles. The van der Waals surface area contributed by atoms with Gasteiger partial charge < -0.3 is 14.4 Å². The van der Waals surface area contributed by atoms with E-state index >= 15 is 0 Å². The molecule has 2 aliphatic rings. The zero-order chi connectivity index (χ0) is 23.7. The lowest BCUT2D eigenvalue weighted by molar-refractivity contribution is -0.138. The van der Waals surface area contributed by atoms with Crippen LogP contribution in [-0.4, -0.2) is 60.6 Å². The van der Waals surface area contributed by atoms with Crippen LogP contribution in [0.5, 0.6) is 5.75 Å². The van der Waals surface area contributed by atoms with Crippen molar-refractivity contribution in [2.45, 2.75) is 46.3 Å². The monoisotopic (exact) mass is 448 g/mol. The van der Waals surface area contributed by atoms with Crippen molar-refractivity contribution in [2.75, 3.05) is 26.7 Å². The number of methoxy groups -OCH3 is 1. The Morgan fingerprint density at radius 1 is 0.970 bits per heavy atom. The number of amides is 2. The highest BCUT2D eigenvalue weighted by Crippen LogP contribution is 2.35. The summed E-state index contributed by atoms with van der Waals surface area (Å²) < 4.78 is 11.1. The lowest BCUT2D eigenvalue weighted by Gasteiger charge is -2.37. The molecule has 0 saturated carbocycles. The van der Waals surface area contributed by atoms with Crippen LogP contribution in [0.4, 0.5) is 0 Å². The third-order valence-electron chi connectivity index (χ3n) is 6.31. The van der Waals surface area contributed by atoms with E-state index in [0.29, 0.717) is 37.3 Å². The molecule has 174 valence electrons. The molecule has 0 radical (unpaired) electrons. The largest absolute Gasteiger partial charge is 0.497 e. The highest BCUT2D eigenvalue weighted by molar-refractivity contribution is 6.35. The first-order valence-corrected chi connectivity index (χ1v) is 11.5. The molecule has 1 saturated heterocycles. The van der Waals surface area contributed by atoms with Gasteiger partial charge in [-0.15, -0.1) is 0 Å². The van der Waals surface area contributed by atoms with Crippen molar-refractivity contribution in [3.8, 4) is 5.75 Å². The van der Waals surface area contributed by atoms with Crippen molar-refractivity contribution in [3.05, 3.63) is 70.4 Å². The van der Waals surface area contributed by atoms with Gasteiger partial charge in [0, 0.05) is 19.6 Å². The molecular formula is C27H32N2O4. The molecule has 6 nitrogen and oxygen atoms in total. The minimum absolute atomic E-state index is 0.0159. The standard InChI is InChI=1S/C27H32N2O4/c1-17-6-11-23(18(2)14-17)24-25(28-15-19(3)33-20(4)16-28)27(31)29(26(24)30)13-12-21-7-9-22(32-5)10-8-21/h6-11,14,19-20H,12-13,15-16H2,1-5H3. The van der Waals surface area contributed by atoms with Crippen LogP contribution >= 0.6 is 0 Å². The second kappa shape index (κ2) is 9.40. The van der Waals surface area contributed by atoms with E-state index in [2.05, 4.69) is 6.07 Å². The molecule has 0 aliphatic carbocycles. The maximum atomic E-state index is 13.7. The van der Waals surface area contributed by atoms with E-state index in [1.54, 1.807) is 7.11 Å². The number of morpholine rings is 1. The van der Waals surface area contributed by atoms with Gasteiger partial charge in [0.05, 0.1) is 24.9 Å². The molecule has 2 aliphatic heterocycles. The summed E-state index contributed by atoms with van der Waals surface area (Å²) in [6.07, 6.45) is 0.556. The molecule has 4 rings (SSSR count). The third kappa shape index (κ3) is 4.67. The van der Waals surface area contributed by atoms with E-state index < -0.39 is 0 Å². The molecule has 33 heavy (non-hydrogen) atoms. The van der Waals surface area contributed by atoms with Gasteiger partial charge in [0.15, 0.2) is 0 Å². The molecule has 2 heterocycles. The number of rotatable bonds is 6. The van der Waals surface area contributed by atoms with E-state index in [0.717, 1.165) is 28.0 Å². The van der Waals surface area contributed by atoms with Gasteiger partial charge in [0.1, 0.15) is 11.4 Å². The molecule has 2 amide bonds. The molecule has 2 unspecified atom stereocenters. The Kier molecular flexibility index (Phi) is 6.56. The van der Waals surface area contributed by atoms with Gasteiger partial charge in [-0.3, -0.25) is 14.5 Å². The number of carbonyl (C=O) groups is 2. The van der Waals surface area contributed by atoms with Gasteiger partial charge in [-0.2, -0.15) is 0 Å². The van der Waals surface area contributed by atoms with Crippen LogP contribution in [0.3, 0.4) is 0 Å². The Bertz CT molecular complexity index is 1080. The fourth-order valence-corrected chi connectivity index (χ4v) is 4.79. The van der Waals surface area contributed by atoms with E-state index in [4.69, 9.17) is 9.47 Å². The molecule has 1 fully saturated rings. The number of carbonyl (C=O) groups excluding carboxylic acids is 2.